The standard InChI is InChI=1S/C15H30N2O2/c1-4-10-17-11-7-14(8-12-17)13(2)16-9-5-6-15(18)19-3/h13-14,16H,4-12H2,1-3H3. The summed E-state index contributed by atoms with van der Waals surface area (Å²) in [5, 5.41) is 3.55. The Kier molecular flexibility index (Phi) is 8.07. The Morgan fingerprint density at radius 2 is 2.11 bits per heavy atom. The molecule has 1 aliphatic heterocycles. The van der Waals surface area contributed by atoms with Crippen LogP contribution in [0.25, 0.3) is 0 Å². The van der Waals surface area contributed by atoms with Crippen LogP contribution in [0.1, 0.15) is 46.0 Å². The minimum absolute atomic E-state index is 0.109. The van der Waals surface area contributed by atoms with Crippen LogP contribution in [0.4, 0.5) is 0 Å². The highest BCUT2D eigenvalue weighted by molar-refractivity contribution is 5.69. The lowest BCUT2D eigenvalue weighted by atomic mass is 9.90. The average Bonchev–Trinajstić information content (AvgIpc) is 2.44. The summed E-state index contributed by atoms with van der Waals surface area (Å²) in [6, 6.07) is 0.557. The lowest BCUT2D eigenvalue weighted by Crippen LogP contribution is -2.42. The fourth-order valence-corrected chi connectivity index (χ4v) is 2.82. The molecule has 0 aromatic carbocycles. The number of ether oxygens (including phenoxy) is 1. The molecule has 1 aliphatic rings. The van der Waals surface area contributed by atoms with Gasteiger partial charge < -0.3 is 15.0 Å². The first-order valence-corrected chi connectivity index (χ1v) is 7.70. The minimum Gasteiger partial charge on any atom is -0.469 e. The summed E-state index contributed by atoms with van der Waals surface area (Å²) in [5.74, 6) is 0.675. The Morgan fingerprint density at radius 3 is 2.68 bits per heavy atom. The number of piperidine rings is 1. The summed E-state index contributed by atoms with van der Waals surface area (Å²) in [4.78, 5) is 13.6. The molecule has 1 N–H and O–H groups in total. The number of methoxy groups -OCH3 is 1. The third-order valence-electron chi connectivity index (χ3n) is 4.13. The summed E-state index contributed by atoms with van der Waals surface area (Å²) in [7, 11) is 1.45. The van der Waals surface area contributed by atoms with Crippen molar-refractivity contribution >= 4 is 5.97 Å². The van der Waals surface area contributed by atoms with Crippen LogP contribution in [0.3, 0.4) is 0 Å². The van der Waals surface area contributed by atoms with Crippen molar-refractivity contribution < 1.29 is 9.53 Å². The van der Waals surface area contributed by atoms with E-state index in [1.165, 1.54) is 46.0 Å². The van der Waals surface area contributed by atoms with Crippen LogP contribution in [0.5, 0.6) is 0 Å². The Bertz CT molecular complexity index is 251. The van der Waals surface area contributed by atoms with Crippen LogP contribution < -0.4 is 5.32 Å². The van der Waals surface area contributed by atoms with Crippen molar-refractivity contribution in [2.75, 3.05) is 33.3 Å². The maximum atomic E-state index is 11.0. The van der Waals surface area contributed by atoms with E-state index >= 15 is 0 Å². The van der Waals surface area contributed by atoms with Gasteiger partial charge >= 0.3 is 5.97 Å². The van der Waals surface area contributed by atoms with Crippen LogP contribution in [-0.4, -0.2) is 50.2 Å². The Labute approximate surface area is 117 Å². The van der Waals surface area contributed by atoms with Gasteiger partial charge in [0.2, 0.25) is 0 Å². The van der Waals surface area contributed by atoms with Gasteiger partial charge in [-0.2, -0.15) is 0 Å². The first kappa shape index (κ1) is 16.4. The normalized spacial score (nSPS) is 19.3. The van der Waals surface area contributed by atoms with Crippen molar-refractivity contribution in [2.24, 2.45) is 5.92 Å². The highest BCUT2D eigenvalue weighted by Gasteiger charge is 2.22. The molecular weight excluding hydrogens is 240 g/mol. The quantitative estimate of drug-likeness (QED) is 0.541. The number of hydrogen-bond acceptors (Lipinski definition) is 4. The Morgan fingerprint density at radius 1 is 1.42 bits per heavy atom. The molecule has 1 rings (SSSR count). The molecule has 0 radical (unpaired) electrons. The van der Waals surface area contributed by atoms with Gasteiger partial charge in [-0.05, 0) is 64.7 Å². The van der Waals surface area contributed by atoms with Crippen LogP contribution >= 0.6 is 0 Å². The largest absolute Gasteiger partial charge is 0.469 e. The number of hydrogen-bond donors (Lipinski definition) is 1. The summed E-state index contributed by atoms with van der Waals surface area (Å²) in [6.45, 7) is 9.16. The molecule has 0 spiro atoms. The van der Waals surface area contributed by atoms with Crippen molar-refractivity contribution in [3.8, 4) is 0 Å². The first-order chi connectivity index (χ1) is 9.17. The van der Waals surface area contributed by atoms with Crippen LogP contribution in [0, 0.1) is 5.92 Å². The number of carbonyl (C=O) groups is 1. The van der Waals surface area contributed by atoms with E-state index < -0.39 is 0 Å². The van der Waals surface area contributed by atoms with E-state index in [9.17, 15) is 4.79 Å². The number of nitrogens with one attached hydrogen (secondary N) is 1. The molecule has 0 amide bonds. The zero-order chi connectivity index (χ0) is 14.1. The van der Waals surface area contributed by atoms with Gasteiger partial charge in [-0.25, -0.2) is 0 Å². The topological polar surface area (TPSA) is 41.6 Å². The van der Waals surface area contributed by atoms with Gasteiger partial charge in [0, 0.05) is 12.5 Å². The van der Waals surface area contributed by atoms with Crippen LogP contribution in [0.2, 0.25) is 0 Å². The van der Waals surface area contributed by atoms with Gasteiger partial charge in [0.25, 0.3) is 0 Å². The Hall–Kier alpha value is -0.610. The van der Waals surface area contributed by atoms with Crippen molar-refractivity contribution in [1.82, 2.24) is 10.2 Å². The molecule has 1 atom stereocenters. The Balaban J connectivity index is 2.10. The fourth-order valence-electron chi connectivity index (χ4n) is 2.82. The molecule has 1 fully saturated rings. The molecule has 0 bridgehead atoms. The predicted octanol–water partition coefficient (Wildman–Crippen LogP) is 2.04. The van der Waals surface area contributed by atoms with E-state index in [-0.39, 0.29) is 5.97 Å². The average molecular weight is 270 g/mol. The number of rotatable bonds is 8. The number of esters is 1. The second-order valence-electron chi connectivity index (χ2n) is 5.60. The molecule has 0 aliphatic carbocycles. The highest BCUT2D eigenvalue weighted by Crippen LogP contribution is 2.20. The van der Waals surface area contributed by atoms with Gasteiger partial charge in [0.05, 0.1) is 7.11 Å². The molecular formula is C15H30N2O2. The van der Waals surface area contributed by atoms with Crippen molar-refractivity contribution in [2.45, 2.75) is 52.0 Å². The third-order valence-corrected chi connectivity index (χ3v) is 4.13. The number of likely N-dealkylation sites (tertiary alicyclic amines) is 1. The third kappa shape index (κ3) is 6.39. The van der Waals surface area contributed by atoms with Crippen molar-refractivity contribution in [3.63, 3.8) is 0 Å². The number of carbonyl (C=O) groups excluding carboxylic acids is 1. The number of nitrogens with zero attached hydrogens (tertiary/aromatic N) is 1. The molecule has 1 heterocycles. The smallest absolute Gasteiger partial charge is 0.305 e. The second-order valence-corrected chi connectivity index (χ2v) is 5.60. The summed E-state index contributed by atoms with van der Waals surface area (Å²) in [6.07, 6.45) is 5.24. The molecule has 19 heavy (non-hydrogen) atoms. The van der Waals surface area contributed by atoms with E-state index in [0.717, 1.165) is 18.9 Å². The molecule has 1 saturated heterocycles. The van der Waals surface area contributed by atoms with E-state index in [2.05, 4.69) is 28.8 Å². The second kappa shape index (κ2) is 9.32. The lowest BCUT2D eigenvalue weighted by molar-refractivity contribution is -0.140. The van der Waals surface area contributed by atoms with Gasteiger partial charge in [-0.3, -0.25) is 4.79 Å². The minimum atomic E-state index is -0.109. The van der Waals surface area contributed by atoms with E-state index in [4.69, 9.17) is 0 Å². The molecule has 4 nitrogen and oxygen atoms in total. The highest BCUT2D eigenvalue weighted by atomic mass is 16.5. The molecule has 4 heteroatoms. The van der Waals surface area contributed by atoms with Crippen molar-refractivity contribution in [1.29, 1.82) is 0 Å². The van der Waals surface area contributed by atoms with Crippen molar-refractivity contribution in [3.05, 3.63) is 0 Å². The molecule has 112 valence electrons. The zero-order valence-electron chi connectivity index (χ0n) is 12.8. The van der Waals surface area contributed by atoms with Crippen LogP contribution in [-0.2, 0) is 9.53 Å². The van der Waals surface area contributed by atoms with E-state index in [1.807, 2.05) is 0 Å². The van der Waals surface area contributed by atoms with Gasteiger partial charge in [-0.15, -0.1) is 0 Å². The molecule has 0 aromatic heterocycles. The van der Waals surface area contributed by atoms with Gasteiger partial charge in [-0.1, -0.05) is 6.92 Å². The molecule has 1 unspecified atom stereocenters. The maximum absolute atomic E-state index is 11.0. The van der Waals surface area contributed by atoms with Crippen LogP contribution in [0.15, 0.2) is 0 Å². The SMILES string of the molecule is CCCN1CCC(C(C)NCCCC(=O)OC)CC1. The first-order valence-electron chi connectivity index (χ1n) is 7.70. The summed E-state index contributed by atoms with van der Waals surface area (Å²) < 4.78 is 4.64. The predicted molar refractivity (Wildman–Crippen MR) is 78.2 cm³/mol. The van der Waals surface area contributed by atoms with Gasteiger partial charge in [0.1, 0.15) is 0 Å². The zero-order valence-corrected chi connectivity index (χ0v) is 12.8. The lowest BCUT2D eigenvalue weighted by Gasteiger charge is -2.35. The monoisotopic (exact) mass is 270 g/mol. The van der Waals surface area contributed by atoms with E-state index in [1.54, 1.807) is 0 Å². The maximum Gasteiger partial charge on any atom is 0.305 e. The summed E-state index contributed by atoms with van der Waals surface area (Å²) >= 11 is 0. The fraction of sp³-hybridized carbons (Fsp3) is 0.933. The summed E-state index contributed by atoms with van der Waals surface area (Å²) in [5.41, 5.74) is 0. The van der Waals surface area contributed by atoms with E-state index in [0.29, 0.717) is 12.5 Å². The molecule has 0 aromatic rings. The molecule has 0 saturated carbocycles. The van der Waals surface area contributed by atoms with Gasteiger partial charge in [0.15, 0.2) is 0 Å².